The number of carboxylic acids is 1. The van der Waals surface area contributed by atoms with Crippen molar-refractivity contribution in [3.63, 3.8) is 0 Å². The third-order valence-corrected chi connectivity index (χ3v) is 3.42. The van der Waals surface area contributed by atoms with Crippen LogP contribution in [-0.2, 0) is 0 Å². The molecule has 88 valence electrons. The van der Waals surface area contributed by atoms with Gasteiger partial charge in [-0.05, 0) is 29.8 Å². The van der Waals surface area contributed by atoms with Gasteiger partial charge in [0.2, 0.25) is 0 Å². The molecule has 0 atom stereocenters. The van der Waals surface area contributed by atoms with Gasteiger partial charge in [-0.25, -0.2) is 4.79 Å². The van der Waals surface area contributed by atoms with Crippen molar-refractivity contribution in [3.8, 4) is 5.75 Å². The molecule has 0 saturated carbocycles. The van der Waals surface area contributed by atoms with Crippen molar-refractivity contribution in [1.29, 1.82) is 0 Å². The monoisotopic (exact) mass is 246 g/mol. The van der Waals surface area contributed by atoms with E-state index in [-0.39, 0.29) is 11.1 Å². The van der Waals surface area contributed by atoms with Gasteiger partial charge in [0.25, 0.3) is 0 Å². The van der Waals surface area contributed by atoms with Gasteiger partial charge in [0, 0.05) is 0 Å². The fourth-order valence-corrected chi connectivity index (χ4v) is 1.95. The molecule has 0 aromatic heterocycles. The van der Waals surface area contributed by atoms with E-state index in [0.29, 0.717) is 21.5 Å². The van der Waals surface area contributed by atoms with Crippen LogP contribution >= 0.6 is 0 Å². The Kier molecular flexibility index (Phi) is 5.22. The minimum absolute atomic E-state index is 0.259. The summed E-state index contributed by atoms with van der Waals surface area (Å²) in [6.07, 6.45) is 4.25. The van der Waals surface area contributed by atoms with E-state index in [1.807, 2.05) is 12.2 Å². The van der Waals surface area contributed by atoms with Crippen LogP contribution in [-0.4, -0.2) is 26.8 Å². The first-order chi connectivity index (χ1) is 8.17. The maximum absolute atomic E-state index is 10.6. The van der Waals surface area contributed by atoms with Crippen molar-refractivity contribution >= 4 is 15.5 Å². The highest BCUT2D eigenvalue weighted by molar-refractivity contribution is 6.39. The maximum atomic E-state index is 10.6. The van der Waals surface area contributed by atoms with E-state index in [0.717, 1.165) is 0 Å². The summed E-state index contributed by atoms with van der Waals surface area (Å²) in [5.74, 6) is -0.258. The topological polar surface area (TPSA) is 46.5 Å². The second-order valence-corrected chi connectivity index (χ2v) is 4.68. The first-order valence-electron chi connectivity index (χ1n) is 5.12. The van der Waals surface area contributed by atoms with Crippen LogP contribution in [0.15, 0.2) is 49.6 Å². The summed E-state index contributed by atoms with van der Waals surface area (Å²) < 4.78 is 5.50. The van der Waals surface area contributed by atoms with Crippen molar-refractivity contribution in [2.24, 2.45) is 0 Å². The summed E-state index contributed by atoms with van der Waals surface area (Å²) in [4.78, 5) is 10.6. The van der Waals surface area contributed by atoms with E-state index in [1.165, 1.54) is 12.1 Å². The summed E-state index contributed by atoms with van der Waals surface area (Å²) in [6, 6.07) is 6.37. The van der Waals surface area contributed by atoms with Crippen molar-refractivity contribution < 1.29 is 14.6 Å². The second-order valence-electron chi connectivity index (χ2n) is 3.32. The van der Waals surface area contributed by atoms with Crippen LogP contribution in [0.5, 0.6) is 5.75 Å². The van der Waals surface area contributed by atoms with E-state index in [1.54, 1.807) is 12.1 Å². The molecule has 0 unspecified atom stereocenters. The highest BCUT2D eigenvalue weighted by Gasteiger charge is 2.03. The van der Waals surface area contributed by atoms with Gasteiger partial charge in [-0.3, -0.25) is 0 Å². The van der Waals surface area contributed by atoms with Gasteiger partial charge in [0.15, 0.2) is 0 Å². The molecular weight excluding hydrogens is 232 g/mol. The third kappa shape index (κ3) is 4.28. The highest BCUT2D eigenvalue weighted by atomic mass is 28.2. The van der Waals surface area contributed by atoms with Gasteiger partial charge in [-0.1, -0.05) is 12.2 Å². The molecule has 1 rings (SSSR count). The van der Waals surface area contributed by atoms with E-state index >= 15 is 0 Å². The average Bonchev–Trinajstić information content (AvgIpc) is 2.35. The number of carbonyl (C=O) groups is 1. The minimum atomic E-state index is -0.934. The van der Waals surface area contributed by atoms with Crippen LogP contribution in [0.25, 0.3) is 0 Å². The van der Waals surface area contributed by atoms with Gasteiger partial charge in [0.05, 0.1) is 11.8 Å². The van der Waals surface area contributed by atoms with Crippen molar-refractivity contribution in [2.45, 2.75) is 5.54 Å². The quantitative estimate of drug-likeness (QED) is 0.594. The van der Waals surface area contributed by atoms with Gasteiger partial charge < -0.3 is 9.84 Å². The Balaban J connectivity index is 2.44. The Hall–Kier alpha value is -1.81. The number of aromatic carboxylic acids is 1. The fraction of sp³-hybridized carbons (Fsp3) is 0.154. The second kappa shape index (κ2) is 6.70. The predicted octanol–water partition coefficient (Wildman–Crippen LogP) is 2.59. The van der Waals surface area contributed by atoms with E-state index in [2.05, 4.69) is 13.2 Å². The number of rotatable bonds is 7. The Morgan fingerprint density at radius 2 is 1.94 bits per heavy atom. The molecule has 1 aromatic carbocycles. The van der Waals surface area contributed by atoms with Crippen LogP contribution in [0.2, 0.25) is 5.54 Å². The van der Waals surface area contributed by atoms with Gasteiger partial charge in [-0.15, -0.1) is 13.2 Å². The number of hydrogen-bond donors (Lipinski definition) is 1. The molecule has 3 nitrogen and oxygen atoms in total. The summed E-state index contributed by atoms with van der Waals surface area (Å²) in [5, 5.41) is 8.73. The smallest absolute Gasteiger partial charge is 0.335 e. The Bertz CT molecular complexity index is 390. The molecule has 0 saturated heterocycles. The lowest BCUT2D eigenvalue weighted by atomic mass is 10.2. The lowest BCUT2D eigenvalue weighted by Gasteiger charge is -2.08. The Morgan fingerprint density at radius 1 is 1.35 bits per heavy atom. The maximum Gasteiger partial charge on any atom is 0.335 e. The number of ether oxygens (including phenoxy) is 1. The molecule has 0 aliphatic heterocycles. The lowest BCUT2D eigenvalue weighted by molar-refractivity contribution is 0.0697. The van der Waals surface area contributed by atoms with Crippen molar-refractivity contribution in [3.05, 3.63) is 55.1 Å². The standard InChI is InChI=1S/C13H14O3Si/c1-3-12(4-2)17-9-16-11-7-5-10(6-8-11)13(14)15/h3-8,12H,1-2,9H2,(H,14,15). The van der Waals surface area contributed by atoms with E-state index in [9.17, 15) is 4.79 Å². The Morgan fingerprint density at radius 3 is 2.41 bits per heavy atom. The molecule has 0 bridgehead atoms. The van der Waals surface area contributed by atoms with E-state index in [4.69, 9.17) is 9.84 Å². The normalized spacial score (nSPS) is 9.94. The average molecular weight is 246 g/mol. The van der Waals surface area contributed by atoms with Crippen LogP contribution in [0, 0.1) is 0 Å². The number of carboxylic acid groups (broad SMARTS) is 1. The lowest BCUT2D eigenvalue weighted by Crippen LogP contribution is -2.10. The SMILES string of the molecule is C=CC(C=C)[Si]COc1ccc(C(=O)O)cc1. The van der Waals surface area contributed by atoms with Crippen LogP contribution in [0.4, 0.5) is 0 Å². The third-order valence-electron chi connectivity index (χ3n) is 2.17. The number of allylic oxidation sites excluding steroid dienone is 2. The van der Waals surface area contributed by atoms with Crippen LogP contribution in [0.3, 0.4) is 0 Å². The molecule has 0 aliphatic carbocycles. The highest BCUT2D eigenvalue weighted by Crippen LogP contribution is 2.13. The molecule has 0 amide bonds. The number of hydrogen-bond acceptors (Lipinski definition) is 2. The van der Waals surface area contributed by atoms with Gasteiger partial charge in [-0.2, -0.15) is 0 Å². The molecule has 17 heavy (non-hydrogen) atoms. The first kappa shape index (κ1) is 13.3. The summed E-state index contributed by atoms with van der Waals surface area (Å²) in [6.45, 7) is 7.41. The molecule has 4 heteroatoms. The van der Waals surface area contributed by atoms with Crippen LogP contribution in [0.1, 0.15) is 10.4 Å². The summed E-state index contributed by atoms with van der Waals surface area (Å²) in [5.41, 5.74) is 0.531. The molecule has 1 N–H and O–H groups in total. The van der Waals surface area contributed by atoms with Crippen molar-refractivity contribution in [2.75, 3.05) is 6.23 Å². The zero-order chi connectivity index (χ0) is 12.7. The molecule has 0 spiro atoms. The van der Waals surface area contributed by atoms with Crippen molar-refractivity contribution in [1.82, 2.24) is 0 Å². The van der Waals surface area contributed by atoms with Gasteiger partial charge >= 0.3 is 5.97 Å². The largest absolute Gasteiger partial charge is 0.498 e. The molecule has 0 heterocycles. The first-order valence-corrected chi connectivity index (χ1v) is 6.40. The fourth-order valence-electron chi connectivity index (χ4n) is 1.18. The molecule has 0 aliphatic rings. The predicted molar refractivity (Wildman–Crippen MR) is 68.8 cm³/mol. The van der Waals surface area contributed by atoms with Crippen LogP contribution < -0.4 is 4.74 Å². The summed E-state index contributed by atoms with van der Waals surface area (Å²) in [7, 11) is 0.567. The van der Waals surface area contributed by atoms with Gasteiger partial charge in [0.1, 0.15) is 15.3 Å². The molecule has 0 fully saturated rings. The minimum Gasteiger partial charge on any atom is -0.498 e. The number of benzene rings is 1. The molecule has 1 aromatic rings. The molecule has 2 radical (unpaired) electrons. The Labute approximate surface area is 103 Å². The zero-order valence-electron chi connectivity index (χ0n) is 9.43. The van der Waals surface area contributed by atoms with E-state index < -0.39 is 5.97 Å². The zero-order valence-corrected chi connectivity index (χ0v) is 10.4. The summed E-state index contributed by atoms with van der Waals surface area (Å²) >= 11 is 0. The molecular formula is C13H14O3Si.